The van der Waals surface area contributed by atoms with Crippen LogP contribution in [-0.4, -0.2) is 23.9 Å². The van der Waals surface area contributed by atoms with Gasteiger partial charge in [0, 0.05) is 0 Å². The second-order valence-corrected chi connectivity index (χ2v) is 4.58. The summed E-state index contributed by atoms with van der Waals surface area (Å²) in [5.41, 5.74) is 0. The Bertz CT molecular complexity index is 121. The Balaban J connectivity index is 3.72. The van der Waals surface area contributed by atoms with Crippen LogP contribution in [0.2, 0.25) is 0 Å². The average molecular weight is 202 g/mol. The van der Waals surface area contributed by atoms with Gasteiger partial charge in [0.25, 0.3) is 0 Å². The molecule has 0 aliphatic rings. The van der Waals surface area contributed by atoms with Crippen LogP contribution in [0.1, 0.15) is 53.4 Å². The van der Waals surface area contributed by atoms with E-state index in [1.165, 1.54) is 12.8 Å². The third-order valence-corrected chi connectivity index (χ3v) is 2.19. The van der Waals surface area contributed by atoms with E-state index in [1.807, 2.05) is 0 Å². The minimum Gasteiger partial charge on any atom is -0.391 e. The van der Waals surface area contributed by atoms with Crippen LogP contribution in [0.5, 0.6) is 0 Å². The molecule has 0 aromatic heterocycles. The Morgan fingerprint density at radius 3 is 2.29 bits per heavy atom. The minimum absolute atomic E-state index is 0.338. The van der Waals surface area contributed by atoms with E-state index in [4.69, 9.17) is 9.84 Å². The summed E-state index contributed by atoms with van der Waals surface area (Å²) >= 11 is 0. The first-order valence-corrected chi connectivity index (χ1v) is 5.85. The molecule has 86 valence electrons. The lowest BCUT2D eigenvalue weighted by Crippen LogP contribution is -2.21. The van der Waals surface area contributed by atoms with E-state index in [0.29, 0.717) is 18.6 Å². The van der Waals surface area contributed by atoms with Gasteiger partial charge >= 0.3 is 0 Å². The molecule has 0 aliphatic heterocycles. The zero-order chi connectivity index (χ0) is 11.0. The zero-order valence-corrected chi connectivity index (χ0v) is 10.1. The van der Waals surface area contributed by atoms with E-state index >= 15 is 0 Å². The van der Waals surface area contributed by atoms with Gasteiger partial charge in [-0.2, -0.15) is 0 Å². The Hall–Kier alpha value is -0.0800. The Morgan fingerprint density at radius 1 is 1.21 bits per heavy atom. The molecule has 0 bridgehead atoms. The second kappa shape index (κ2) is 8.25. The summed E-state index contributed by atoms with van der Waals surface area (Å²) in [7, 11) is 0. The van der Waals surface area contributed by atoms with Crippen LogP contribution in [-0.2, 0) is 4.74 Å². The van der Waals surface area contributed by atoms with Crippen molar-refractivity contribution in [3.05, 3.63) is 0 Å². The molecule has 0 aliphatic carbocycles. The van der Waals surface area contributed by atoms with Crippen molar-refractivity contribution in [2.24, 2.45) is 5.92 Å². The third kappa shape index (κ3) is 8.52. The van der Waals surface area contributed by atoms with Crippen molar-refractivity contribution < 1.29 is 9.84 Å². The monoisotopic (exact) mass is 202 g/mol. The van der Waals surface area contributed by atoms with E-state index in [2.05, 4.69) is 20.8 Å². The van der Waals surface area contributed by atoms with Crippen molar-refractivity contribution in [2.45, 2.75) is 65.6 Å². The van der Waals surface area contributed by atoms with Crippen LogP contribution >= 0.6 is 0 Å². The molecule has 0 aromatic rings. The summed E-state index contributed by atoms with van der Waals surface area (Å²) in [6, 6.07) is 0. The maximum absolute atomic E-state index is 9.14. The van der Waals surface area contributed by atoms with Crippen molar-refractivity contribution in [3.8, 4) is 0 Å². The van der Waals surface area contributed by atoms with Gasteiger partial charge in [-0.25, -0.2) is 0 Å². The molecule has 14 heavy (non-hydrogen) atoms. The van der Waals surface area contributed by atoms with Gasteiger partial charge in [0.15, 0.2) is 0 Å². The molecule has 0 saturated heterocycles. The first-order valence-electron chi connectivity index (χ1n) is 5.85. The Morgan fingerprint density at radius 2 is 1.86 bits per heavy atom. The van der Waals surface area contributed by atoms with Crippen LogP contribution in [0.15, 0.2) is 0 Å². The Kier molecular flexibility index (Phi) is 8.20. The molecule has 0 heterocycles. The van der Waals surface area contributed by atoms with Crippen LogP contribution < -0.4 is 0 Å². The molecule has 1 N–H and O–H groups in total. The molecule has 0 spiro atoms. The van der Waals surface area contributed by atoms with Crippen LogP contribution in [0.4, 0.5) is 0 Å². The predicted molar refractivity (Wildman–Crippen MR) is 60.4 cm³/mol. The van der Waals surface area contributed by atoms with Crippen molar-refractivity contribution in [2.75, 3.05) is 6.61 Å². The summed E-state index contributed by atoms with van der Waals surface area (Å²) in [5, 5.41) is 9.14. The maximum atomic E-state index is 9.14. The van der Waals surface area contributed by atoms with Gasteiger partial charge in [-0.1, -0.05) is 33.6 Å². The number of aliphatic hydroxyl groups excluding tert-OH is 1. The number of ether oxygens (including phenoxy) is 1. The number of unbranched alkanes of at least 4 members (excludes halogenated alkanes) is 1. The highest BCUT2D eigenvalue weighted by atomic mass is 16.5. The lowest BCUT2D eigenvalue weighted by Gasteiger charge is -2.20. The highest BCUT2D eigenvalue weighted by Gasteiger charge is 2.11. The van der Waals surface area contributed by atoms with Crippen LogP contribution in [0.25, 0.3) is 0 Å². The van der Waals surface area contributed by atoms with Gasteiger partial charge in [0.2, 0.25) is 0 Å². The standard InChI is InChI=1S/C12H26O2/c1-5-6-7-12(8-10(2)3)14-9-11(4)13/h10-13H,5-9H2,1-4H3. The SMILES string of the molecule is CCCCC(CC(C)C)OCC(C)O. The number of hydrogen-bond acceptors (Lipinski definition) is 2. The average Bonchev–Trinajstić information content (AvgIpc) is 2.09. The lowest BCUT2D eigenvalue weighted by atomic mass is 10.0. The molecular weight excluding hydrogens is 176 g/mol. The fourth-order valence-corrected chi connectivity index (χ4v) is 1.50. The molecule has 0 radical (unpaired) electrons. The molecular formula is C12H26O2. The molecule has 0 rings (SSSR count). The van der Waals surface area contributed by atoms with Crippen LogP contribution in [0, 0.1) is 5.92 Å². The van der Waals surface area contributed by atoms with Crippen molar-refractivity contribution in [1.29, 1.82) is 0 Å². The number of hydrogen-bond donors (Lipinski definition) is 1. The maximum Gasteiger partial charge on any atom is 0.0745 e. The minimum atomic E-state index is -0.341. The predicted octanol–water partition coefficient (Wildman–Crippen LogP) is 2.99. The van der Waals surface area contributed by atoms with E-state index in [-0.39, 0.29) is 6.10 Å². The molecule has 2 heteroatoms. The molecule has 2 nitrogen and oxygen atoms in total. The third-order valence-electron chi connectivity index (χ3n) is 2.19. The van der Waals surface area contributed by atoms with Crippen LogP contribution in [0.3, 0.4) is 0 Å². The van der Waals surface area contributed by atoms with Gasteiger partial charge in [-0.05, 0) is 25.7 Å². The first-order chi connectivity index (χ1) is 6.56. The zero-order valence-electron chi connectivity index (χ0n) is 10.1. The normalized spacial score (nSPS) is 15.9. The lowest BCUT2D eigenvalue weighted by molar-refractivity contribution is -0.0155. The molecule has 0 saturated carbocycles. The quantitative estimate of drug-likeness (QED) is 0.655. The number of aliphatic hydroxyl groups is 1. The van der Waals surface area contributed by atoms with Gasteiger partial charge in [0.05, 0.1) is 18.8 Å². The molecule has 2 unspecified atom stereocenters. The summed E-state index contributed by atoms with van der Waals surface area (Å²) in [6.07, 6.45) is 4.66. The Labute approximate surface area is 88.7 Å². The fourth-order valence-electron chi connectivity index (χ4n) is 1.50. The van der Waals surface area contributed by atoms with Gasteiger partial charge in [-0.15, -0.1) is 0 Å². The summed E-state index contributed by atoms with van der Waals surface area (Å²) in [5.74, 6) is 0.672. The van der Waals surface area contributed by atoms with E-state index in [1.54, 1.807) is 6.92 Å². The highest BCUT2D eigenvalue weighted by molar-refractivity contribution is 4.61. The number of rotatable bonds is 8. The van der Waals surface area contributed by atoms with Crippen molar-refractivity contribution in [1.82, 2.24) is 0 Å². The summed E-state index contributed by atoms with van der Waals surface area (Å²) < 4.78 is 5.67. The molecule has 2 atom stereocenters. The van der Waals surface area contributed by atoms with Gasteiger partial charge in [0.1, 0.15) is 0 Å². The van der Waals surface area contributed by atoms with Gasteiger partial charge < -0.3 is 9.84 Å². The first kappa shape index (κ1) is 13.9. The van der Waals surface area contributed by atoms with Crippen molar-refractivity contribution in [3.63, 3.8) is 0 Å². The summed E-state index contributed by atoms with van der Waals surface area (Å²) in [6.45, 7) is 8.86. The summed E-state index contributed by atoms with van der Waals surface area (Å²) in [4.78, 5) is 0. The second-order valence-electron chi connectivity index (χ2n) is 4.58. The highest BCUT2D eigenvalue weighted by Crippen LogP contribution is 2.14. The van der Waals surface area contributed by atoms with E-state index in [9.17, 15) is 0 Å². The smallest absolute Gasteiger partial charge is 0.0745 e. The van der Waals surface area contributed by atoms with E-state index in [0.717, 1.165) is 12.8 Å². The molecule has 0 amide bonds. The molecule has 0 aromatic carbocycles. The molecule has 0 fully saturated rings. The van der Waals surface area contributed by atoms with Crippen molar-refractivity contribution >= 4 is 0 Å². The largest absolute Gasteiger partial charge is 0.391 e. The van der Waals surface area contributed by atoms with Gasteiger partial charge in [-0.3, -0.25) is 0 Å². The topological polar surface area (TPSA) is 29.5 Å². The fraction of sp³-hybridized carbons (Fsp3) is 1.00. The van der Waals surface area contributed by atoms with E-state index < -0.39 is 0 Å².